The Balaban J connectivity index is 0.930. The topological polar surface area (TPSA) is 43.6 Å². The Kier molecular flexibility index (Phi) is 7.50. The van der Waals surface area contributed by atoms with Gasteiger partial charge in [-0.15, -0.1) is 0 Å². The Hall–Kier alpha value is -7.95. The molecule has 0 fully saturated rings. The van der Waals surface area contributed by atoms with E-state index in [4.69, 9.17) is 10.1 Å². The van der Waals surface area contributed by atoms with Crippen LogP contribution in [0.25, 0.3) is 115 Å². The van der Waals surface area contributed by atoms with Gasteiger partial charge in [-0.05, 0) is 91.6 Å². The van der Waals surface area contributed by atoms with Crippen LogP contribution in [0.4, 0.5) is 0 Å². The number of rotatable bonds is 5. The zero-order valence-corrected chi connectivity index (χ0v) is 31.9. The summed E-state index contributed by atoms with van der Waals surface area (Å²) in [5, 5.41) is 16.0. The van der Waals surface area contributed by atoms with Gasteiger partial charge in [0.25, 0.3) is 0 Å². The van der Waals surface area contributed by atoms with Crippen molar-refractivity contribution in [3.63, 3.8) is 0 Å². The average Bonchev–Trinajstić information content (AvgIpc) is 3.72. The second-order valence-electron chi connectivity index (χ2n) is 15.3. The molecule has 4 heteroatoms. The number of hydrogen-bond donors (Lipinski definition) is 0. The van der Waals surface area contributed by atoms with Crippen molar-refractivity contribution < 1.29 is 0 Å². The molecule has 12 rings (SSSR count). The summed E-state index contributed by atoms with van der Waals surface area (Å²) in [6.45, 7) is 0. The quantitative estimate of drug-likeness (QED) is 0.165. The van der Waals surface area contributed by atoms with Crippen molar-refractivity contribution in [1.82, 2.24) is 19.7 Å². The standard InChI is InChI=1S/C55H34N4/c1-3-10-36(11-4-1)49-34-41-14-7-8-16-48(41)55-51(49)52(37-12-5-2-6-13-37)58-59(55)45-26-21-35(22-27-45)40-23-28-46-42(32-40)19-20-43-33-44(24-29-47(43)46)50-30-25-39-18-17-38-15-9-31-56-53(38)54(39)57-50/h1-34H. The lowest BCUT2D eigenvalue weighted by atomic mass is 9.94. The third kappa shape index (κ3) is 5.49. The van der Waals surface area contributed by atoms with E-state index in [1.165, 1.54) is 49.0 Å². The van der Waals surface area contributed by atoms with E-state index < -0.39 is 0 Å². The van der Waals surface area contributed by atoms with Gasteiger partial charge in [0.05, 0.1) is 27.9 Å². The second-order valence-corrected chi connectivity index (χ2v) is 15.3. The normalized spacial score (nSPS) is 11.7. The molecular weight excluding hydrogens is 717 g/mol. The van der Waals surface area contributed by atoms with Crippen molar-refractivity contribution in [2.24, 2.45) is 0 Å². The first kappa shape index (κ1) is 33.2. The minimum Gasteiger partial charge on any atom is -0.254 e. The molecule has 0 unspecified atom stereocenters. The van der Waals surface area contributed by atoms with Crippen molar-refractivity contribution in [2.45, 2.75) is 0 Å². The largest absolute Gasteiger partial charge is 0.254 e. The van der Waals surface area contributed by atoms with Crippen LogP contribution in [0.15, 0.2) is 206 Å². The molecule has 59 heavy (non-hydrogen) atoms. The first-order valence-electron chi connectivity index (χ1n) is 20.0. The van der Waals surface area contributed by atoms with Crippen LogP contribution in [-0.2, 0) is 0 Å². The molecule has 0 amide bonds. The predicted octanol–water partition coefficient (Wildman–Crippen LogP) is 14.2. The van der Waals surface area contributed by atoms with Gasteiger partial charge in [0.15, 0.2) is 0 Å². The molecule has 0 bridgehead atoms. The monoisotopic (exact) mass is 750 g/mol. The lowest BCUT2D eigenvalue weighted by Crippen LogP contribution is -1.97. The summed E-state index contributed by atoms with van der Waals surface area (Å²) < 4.78 is 2.14. The fourth-order valence-electron chi connectivity index (χ4n) is 8.91. The molecule has 0 saturated heterocycles. The highest BCUT2D eigenvalue weighted by Gasteiger charge is 2.21. The maximum absolute atomic E-state index is 5.40. The molecule has 12 aromatic rings. The molecule has 4 nitrogen and oxygen atoms in total. The minimum absolute atomic E-state index is 0.931. The van der Waals surface area contributed by atoms with Crippen LogP contribution in [0.5, 0.6) is 0 Å². The molecule has 0 saturated carbocycles. The van der Waals surface area contributed by atoms with Crippen molar-refractivity contribution in [1.29, 1.82) is 0 Å². The third-order valence-corrected chi connectivity index (χ3v) is 11.8. The van der Waals surface area contributed by atoms with Gasteiger partial charge >= 0.3 is 0 Å². The zero-order valence-electron chi connectivity index (χ0n) is 31.9. The van der Waals surface area contributed by atoms with Crippen molar-refractivity contribution >= 4 is 65.0 Å². The molecule has 3 heterocycles. The fraction of sp³-hybridized carbons (Fsp3) is 0. The van der Waals surface area contributed by atoms with E-state index in [-0.39, 0.29) is 0 Å². The number of fused-ring (bicyclic) bond motifs is 9. The number of nitrogens with zero attached hydrogens (tertiary/aromatic N) is 4. The second kappa shape index (κ2) is 13.3. The van der Waals surface area contributed by atoms with Gasteiger partial charge in [0.1, 0.15) is 5.69 Å². The van der Waals surface area contributed by atoms with E-state index in [1.54, 1.807) is 0 Å². The van der Waals surface area contributed by atoms with Gasteiger partial charge in [-0.1, -0.05) is 158 Å². The van der Waals surface area contributed by atoms with Crippen LogP contribution in [-0.4, -0.2) is 19.7 Å². The molecular formula is C55H34N4. The Morgan fingerprint density at radius 3 is 1.75 bits per heavy atom. The Bertz CT molecular complexity index is 3590. The molecule has 3 aromatic heterocycles. The summed E-state index contributed by atoms with van der Waals surface area (Å²) >= 11 is 0. The first-order chi connectivity index (χ1) is 29.2. The van der Waals surface area contributed by atoms with Crippen LogP contribution in [0.3, 0.4) is 0 Å². The van der Waals surface area contributed by atoms with Crippen LogP contribution in [0.2, 0.25) is 0 Å². The number of pyridine rings is 2. The molecule has 0 aliphatic heterocycles. The highest BCUT2D eigenvalue weighted by atomic mass is 15.3. The Morgan fingerprint density at radius 1 is 0.373 bits per heavy atom. The molecule has 0 spiro atoms. The first-order valence-corrected chi connectivity index (χ1v) is 20.0. The van der Waals surface area contributed by atoms with E-state index in [1.807, 2.05) is 12.3 Å². The summed E-state index contributed by atoms with van der Waals surface area (Å²) in [6.07, 6.45) is 1.84. The number of benzene rings is 9. The average molecular weight is 751 g/mol. The molecule has 0 radical (unpaired) electrons. The summed E-state index contributed by atoms with van der Waals surface area (Å²) in [4.78, 5) is 9.76. The predicted molar refractivity (Wildman–Crippen MR) is 246 cm³/mol. The van der Waals surface area contributed by atoms with Gasteiger partial charge in [-0.2, -0.15) is 5.10 Å². The summed E-state index contributed by atoms with van der Waals surface area (Å²) in [5.41, 5.74) is 12.8. The lowest BCUT2D eigenvalue weighted by Gasteiger charge is -2.12. The summed E-state index contributed by atoms with van der Waals surface area (Å²) in [6, 6.07) is 71.5. The van der Waals surface area contributed by atoms with E-state index >= 15 is 0 Å². The molecule has 0 N–H and O–H groups in total. The van der Waals surface area contributed by atoms with Crippen LogP contribution in [0, 0.1) is 0 Å². The lowest BCUT2D eigenvalue weighted by molar-refractivity contribution is 0.918. The SMILES string of the molecule is c1ccc(-c2cc3ccccc3c3c2c(-c2ccccc2)nn3-c2ccc(-c3ccc4c(ccc5cc(-c6ccc7ccc8cccnc8c7n6)ccc54)c3)cc2)cc1. The van der Waals surface area contributed by atoms with Crippen molar-refractivity contribution in [3.8, 4) is 50.5 Å². The molecule has 274 valence electrons. The molecule has 0 atom stereocenters. The molecule has 0 aliphatic rings. The maximum atomic E-state index is 5.40. The summed E-state index contributed by atoms with van der Waals surface area (Å²) in [5.74, 6) is 0. The van der Waals surface area contributed by atoms with Gasteiger partial charge in [-0.25, -0.2) is 9.67 Å². The van der Waals surface area contributed by atoms with Crippen molar-refractivity contribution in [2.75, 3.05) is 0 Å². The van der Waals surface area contributed by atoms with E-state index in [0.717, 1.165) is 66.5 Å². The minimum atomic E-state index is 0.931. The van der Waals surface area contributed by atoms with Crippen LogP contribution in [0.1, 0.15) is 0 Å². The number of hydrogen-bond acceptors (Lipinski definition) is 3. The fourth-order valence-corrected chi connectivity index (χ4v) is 8.91. The highest BCUT2D eigenvalue weighted by Crippen LogP contribution is 2.42. The van der Waals surface area contributed by atoms with Gasteiger partial charge < -0.3 is 0 Å². The maximum Gasteiger partial charge on any atom is 0.101 e. The Labute approximate surface area is 340 Å². The summed E-state index contributed by atoms with van der Waals surface area (Å²) in [7, 11) is 0. The van der Waals surface area contributed by atoms with E-state index in [0.29, 0.717) is 0 Å². The van der Waals surface area contributed by atoms with Gasteiger partial charge in [-0.3, -0.25) is 4.98 Å². The zero-order chi connectivity index (χ0) is 38.9. The third-order valence-electron chi connectivity index (χ3n) is 11.8. The van der Waals surface area contributed by atoms with Gasteiger partial charge in [0.2, 0.25) is 0 Å². The number of aromatic nitrogens is 4. The Morgan fingerprint density at radius 2 is 0.966 bits per heavy atom. The smallest absolute Gasteiger partial charge is 0.101 e. The van der Waals surface area contributed by atoms with Gasteiger partial charge in [0, 0.05) is 38.9 Å². The molecule has 9 aromatic carbocycles. The highest BCUT2D eigenvalue weighted by molar-refractivity contribution is 6.17. The van der Waals surface area contributed by atoms with Crippen molar-refractivity contribution in [3.05, 3.63) is 206 Å². The molecule has 0 aliphatic carbocycles. The van der Waals surface area contributed by atoms with E-state index in [9.17, 15) is 0 Å². The van der Waals surface area contributed by atoms with E-state index in [2.05, 4.69) is 204 Å². The van der Waals surface area contributed by atoms with Crippen LogP contribution < -0.4 is 0 Å². The van der Waals surface area contributed by atoms with Crippen LogP contribution >= 0.6 is 0 Å².